The fourth-order valence-electron chi connectivity index (χ4n) is 2.56. The summed E-state index contributed by atoms with van der Waals surface area (Å²) in [6.45, 7) is 0.568. The molecule has 0 spiro atoms. The van der Waals surface area contributed by atoms with Crippen LogP contribution in [0.15, 0.2) is 66.7 Å². The van der Waals surface area contributed by atoms with Gasteiger partial charge in [0.2, 0.25) is 0 Å². The molecule has 0 aliphatic rings. The lowest BCUT2D eigenvalue weighted by Gasteiger charge is -2.13. The Morgan fingerprint density at radius 3 is 2.44 bits per heavy atom. The van der Waals surface area contributed by atoms with Crippen molar-refractivity contribution >= 4 is 23.3 Å². The number of carboxylic acid groups (broad SMARTS) is 1. The van der Waals surface area contributed by atoms with Crippen molar-refractivity contribution in [2.24, 2.45) is 0 Å². The molecule has 2 N–H and O–H groups in total. The predicted molar refractivity (Wildman–Crippen MR) is 103 cm³/mol. The number of nitrogens with one attached hydrogen (secondary N) is 1. The fraction of sp³-hybridized carbons (Fsp3) is 0.0952. The summed E-state index contributed by atoms with van der Waals surface area (Å²) in [5.74, 6) is -0.735. The van der Waals surface area contributed by atoms with Gasteiger partial charge in [-0.3, -0.25) is 0 Å². The van der Waals surface area contributed by atoms with Gasteiger partial charge in [-0.15, -0.1) is 0 Å². The third kappa shape index (κ3) is 4.77. The maximum absolute atomic E-state index is 13.7. The SMILES string of the molecule is O=C(O)c1ccc(NCc2ccccc2OCc2ccccc2F)cc1Cl. The zero-order chi connectivity index (χ0) is 19.2. The average Bonchev–Trinajstić information content (AvgIpc) is 2.66. The van der Waals surface area contributed by atoms with Crippen LogP contribution in [-0.4, -0.2) is 11.1 Å². The number of halogens is 2. The van der Waals surface area contributed by atoms with Crippen LogP contribution >= 0.6 is 11.6 Å². The molecule has 0 unspecified atom stereocenters. The highest BCUT2D eigenvalue weighted by molar-refractivity contribution is 6.33. The first kappa shape index (κ1) is 18.7. The van der Waals surface area contributed by atoms with Gasteiger partial charge in [0.25, 0.3) is 0 Å². The zero-order valence-corrected chi connectivity index (χ0v) is 15.0. The summed E-state index contributed by atoms with van der Waals surface area (Å²) in [6.07, 6.45) is 0. The van der Waals surface area contributed by atoms with Crippen LogP contribution in [0.4, 0.5) is 10.1 Å². The lowest BCUT2D eigenvalue weighted by Crippen LogP contribution is -2.05. The molecule has 4 nitrogen and oxygen atoms in total. The number of rotatable bonds is 7. The van der Waals surface area contributed by atoms with Crippen LogP contribution < -0.4 is 10.1 Å². The van der Waals surface area contributed by atoms with Crippen LogP contribution in [0.2, 0.25) is 5.02 Å². The second kappa shape index (κ2) is 8.56. The Morgan fingerprint density at radius 1 is 1.04 bits per heavy atom. The van der Waals surface area contributed by atoms with Crippen molar-refractivity contribution in [2.75, 3.05) is 5.32 Å². The van der Waals surface area contributed by atoms with E-state index in [4.69, 9.17) is 21.4 Å². The van der Waals surface area contributed by atoms with Gasteiger partial charge < -0.3 is 15.2 Å². The number of anilines is 1. The van der Waals surface area contributed by atoms with E-state index < -0.39 is 5.97 Å². The van der Waals surface area contributed by atoms with Crippen molar-refractivity contribution in [1.82, 2.24) is 0 Å². The van der Waals surface area contributed by atoms with E-state index in [2.05, 4.69) is 5.32 Å². The summed E-state index contributed by atoms with van der Waals surface area (Å²) in [5, 5.41) is 12.4. The molecule has 0 aliphatic heterocycles. The molecule has 6 heteroatoms. The van der Waals surface area contributed by atoms with Crippen molar-refractivity contribution in [3.8, 4) is 5.75 Å². The van der Waals surface area contributed by atoms with Crippen molar-refractivity contribution in [1.29, 1.82) is 0 Å². The van der Waals surface area contributed by atoms with Gasteiger partial charge >= 0.3 is 5.97 Å². The van der Waals surface area contributed by atoms with E-state index >= 15 is 0 Å². The van der Waals surface area contributed by atoms with Crippen LogP contribution in [0.25, 0.3) is 0 Å². The molecule has 138 valence electrons. The maximum Gasteiger partial charge on any atom is 0.337 e. The minimum atomic E-state index is -1.07. The van der Waals surface area contributed by atoms with E-state index in [1.807, 2.05) is 24.3 Å². The maximum atomic E-state index is 13.7. The zero-order valence-electron chi connectivity index (χ0n) is 14.3. The molecule has 3 aromatic carbocycles. The van der Waals surface area contributed by atoms with E-state index in [9.17, 15) is 9.18 Å². The number of aromatic carboxylic acids is 1. The van der Waals surface area contributed by atoms with Crippen molar-refractivity contribution in [3.05, 3.63) is 94.3 Å². The number of benzene rings is 3. The van der Waals surface area contributed by atoms with Gasteiger partial charge in [0.15, 0.2) is 0 Å². The molecule has 0 saturated carbocycles. The topological polar surface area (TPSA) is 58.6 Å². The lowest BCUT2D eigenvalue weighted by molar-refractivity contribution is 0.0697. The molecule has 0 saturated heterocycles. The van der Waals surface area contributed by atoms with Gasteiger partial charge in [0, 0.05) is 23.4 Å². The Kier molecular flexibility index (Phi) is 5.94. The van der Waals surface area contributed by atoms with Crippen molar-refractivity contribution < 1.29 is 19.0 Å². The van der Waals surface area contributed by atoms with Crippen molar-refractivity contribution in [3.63, 3.8) is 0 Å². The molecule has 0 radical (unpaired) electrons. The highest BCUT2D eigenvalue weighted by atomic mass is 35.5. The first-order valence-corrected chi connectivity index (χ1v) is 8.63. The smallest absolute Gasteiger partial charge is 0.337 e. The summed E-state index contributed by atoms with van der Waals surface area (Å²) < 4.78 is 19.5. The Bertz CT molecular complexity index is 962. The highest BCUT2D eigenvalue weighted by Crippen LogP contribution is 2.24. The third-order valence-corrected chi connectivity index (χ3v) is 4.31. The summed E-state index contributed by atoms with van der Waals surface area (Å²) in [5.41, 5.74) is 2.10. The molecule has 0 amide bonds. The van der Waals surface area contributed by atoms with Crippen LogP contribution in [0.1, 0.15) is 21.5 Å². The van der Waals surface area contributed by atoms with Gasteiger partial charge in [0.05, 0.1) is 10.6 Å². The van der Waals surface area contributed by atoms with E-state index in [1.54, 1.807) is 30.3 Å². The van der Waals surface area contributed by atoms with Gasteiger partial charge in [-0.1, -0.05) is 48.0 Å². The first-order chi connectivity index (χ1) is 13.0. The number of ether oxygens (including phenoxy) is 1. The number of hydrogen-bond acceptors (Lipinski definition) is 3. The molecule has 3 aromatic rings. The molecule has 0 fully saturated rings. The molecule has 0 aliphatic carbocycles. The van der Waals surface area contributed by atoms with E-state index in [0.29, 0.717) is 23.5 Å². The Morgan fingerprint density at radius 2 is 1.74 bits per heavy atom. The number of para-hydroxylation sites is 1. The fourth-order valence-corrected chi connectivity index (χ4v) is 2.82. The second-order valence-electron chi connectivity index (χ2n) is 5.84. The number of hydrogen-bond donors (Lipinski definition) is 2. The van der Waals surface area contributed by atoms with Crippen LogP contribution in [0.3, 0.4) is 0 Å². The summed E-state index contributed by atoms with van der Waals surface area (Å²) in [4.78, 5) is 11.0. The average molecular weight is 386 g/mol. The molecule has 3 rings (SSSR count). The van der Waals surface area contributed by atoms with E-state index in [1.165, 1.54) is 12.1 Å². The second-order valence-corrected chi connectivity index (χ2v) is 6.25. The quantitative estimate of drug-likeness (QED) is 0.574. The normalized spacial score (nSPS) is 10.4. The number of carboxylic acids is 1. The minimum absolute atomic E-state index is 0.0517. The summed E-state index contributed by atoms with van der Waals surface area (Å²) >= 11 is 5.99. The molecule has 0 aromatic heterocycles. The molecule has 0 heterocycles. The Balaban J connectivity index is 1.68. The molecular formula is C21H17ClFNO3. The van der Waals surface area contributed by atoms with Crippen LogP contribution in [0, 0.1) is 5.82 Å². The third-order valence-electron chi connectivity index (χ3n) is 4.00. The molecule has 0 bridgehead atoms. The monoisotopic (exact) mass is 385 g/mol. The molecule has 27 heavy (non-hydrogen) atoms. The van der Waals surface area contributed by atoms with Gasteiger partial charge in [-0.05, 0) is 30.3 Å². The number of carbonyl (C=O) groups is 1. The lowest BCUT2D eigenvalue weighted by atomic mass is 10.1. The summed E-state index contributed by atoms with van der Waals surface area (Å²) in [6, 6.07) is 18.6. The van der Waals surface area contributed by atoms with Crippen LogP contribution in [-0.2, 0) is 13.2 Å². The largest absolute Gasteiger partial charge is 0.488 e. The Labute approximate surface area is 161 Å². The van der Waals surface area contributed by atoms with Gasteiger partial charge in [-0.25, -0.2) is 9.18 Å². The summed E-state index contributed by atoms with van der Waals surface area (Å²) in [7, 11) is 0. The minimum Gasteiger partial charge on any atom is -0.488 e. The highest BCUT2D eigenvalue weighted by Gasteiger charge is 2.10. The van der Waals surface area contributed by atoms with Crippen molar-refractivity contribution in [2.45, 2.75) is 13.2 Å². The van der Waals surface area contributed by atoms with Gasteiger partial charge in [-0.2, -0.15) is 0 Å². The van der Waals surface area contributed by atoms with Crippen LogP contribution in [0.5, 0.6) is 5.75 Å². The molecular weight excluding hydrogens is 369 g/mol. The van der Waals surface area contributed by atoms with E-state index in [-0.39, 0.29) is 23.0 Å². The Hall–Kier alpha value is -3.05. The first-order valence-electron chi connectivity index (χ1n) is 8.25. The van der Waals surface area contributed by atoms with Gasteiger partial charge in [0.1, 0.15) is 18.2 Å². The standard InChI is InChI=1S/C21H17ClFNO3/c22-18-11-16(9-10-17(18)21(25)26)24-12-14-5-2-4-8-20(14)27-13-15-6-1-3-7-19(15)23/h1-11,24H,12-13H2,(H,25,26). The predicted octanol–water partition coefficient (Wildman–Crippen LogP) is 5.37. The van der Waals surface area contributed by atoms with E-state index in [0.717, 1.165) is 5.56 Å². The molecule has 0 atom stereocenters.